The zero-order valence-electron chi connectivity index (χ0n) is 20.5. The molecule has 36 heavy (non-hydrogen) atoms. The summed E-state index contributed by atoms with van der Waals surface area (Å²) in [6, 6.07) is 21.3. The Morgan fingerprint density at radius 3 is 2.69 bits per heavy atom. The van der Waals surface area contributed by atoms with Crippen LogP contribution in [0.5, 0.6) is 0 Å². The van der Waals surface area contributed by atoms with Crippen LogP contribution in [-0.4, -0.2) is 33.8 Å². The van der Waals surface area contributed by atoms with Crippen molar-refractivity contribution in [1.82, 2.24) is 15.2 Å². The number of carbonyl (C=O) groups excluding carboxylic acids is 2. The van der Waals surface area contributed by atoms with E-state index in [9.17, 15) is 9.59 Å². The first kappa shape index (κ1) is 23.8. The number of aromatic nitrogens is 1. The zero-order valence-corrected chi connectivity index (χ0v) is 20.5. The molecule has 1 aliphatic heterocycles. The van der Waals surface area contributed by atoms with E-state index in [1.54, 1.807) is 24.4 Å². The molecule has 1 aromatic heterocycles. The number of aryl methyl sites for hydroxylation is 1. The first-order chi connectivity index (χ1) is 17.6. The third kappa shape index (κ3) is 5.48. The molecule has 2 heterocycles. The number of ether oxygens (including phenoxy) is 1. The van der Waals surface area contributed by atoms with Gasteiger partial charge in [-0.15, -0.1) is 0 Å². The number of hydrogen-bond acceptors (Lipinski definition) is 4. The zero-order chi connectivity index (χ0) is 24.9. The van der Waals surface area contributed by atoms with Gasteiger partial charge in [0.25, 0.3) is 11.8 Å². The van der Waals surface area contributed by atoms with E-state index < -0.39 is 0 Å². The van der Waals surface area contributed by atoms with Crippen LogP contribution in [0.1, 0.15) is 58.4 Å². The maximum atomic E-state index is 13.5. The second kappa shape index (κ2) is 10.8. The van der Waals surface area contributed by atoms with E-state index in [0.29, 0.717) is 24.4 Å². The number of nitrogens with zero attached hydrogens (tertiary/aromatic N) is 2. The summed E-state index contributed by atoms with van der Waals surface area (Å²) in [7, 11) is 0. The summed E-state index contributed by atoms with van der Waals surface area (Å²) in [4.78, 5) is 32.3. The largest absolute Gasteiger partial charge is 0.482 e. The first-order valence-electron chi connectivity index (χ1n) is 12.6. The number of hydrogen-bond donors (Lipinski definition) is 1. The van der Waals surface area contributed by atoms with Gasteiger partial charge in [-0.1, -0.05) is 54.4 Å². The molecule has 1 saturated carbocycles. The summed E-state index contributed by atoms with van der Waals surface area (Å²) in [5, 5.41) is 2.88. The van der Waals surface area contributed by atoms with Crippen molar-refractivity contribution >= 4 is 17.9 Å². The second-order valence-electron chi connectivity index (χ2n) is 9.56. The minimum Gasteiger partial charge on any atom is -0.482 e. The van der Waals surface area contributed by atoms with Crippen molar-refractivity contribution in [2.45, 2.75) is 57.8 Å². The third-order valence-corrected chi connectivity index (χ3v) is 6.88. The summed E-state index contributed by atoms with van der Waals surface area (Å²) in [6.45, 7) is 3.02. The van der Waals surface area contributed by atoms with Crippen molar-refractivity contribution in [3.05, 3.63) is 107 Å². The lowest BCUT2D eigenvalue weighted by Gasteiger charge is -2.44. The topological polar surface area (TPSA) is 71.5 Å². The molecule has 1 N–H and O–H groups in total. The Hall–Kier alpha value is -3.93. The minimum atomic E-state index is -0.167. The standard InChI is InChI=1S/C30H31N3O3/c1-21-7-6-8-23(17-21)20-33-26-10-2-3-11-27(26)36-28(30(33)35)18-22-12-14-24(15-13-22)29(34)32-19-25-9-4-5-16-31-25/h4-9,12-18,26-27H,2-3,10-11,19-20H2,1H3,(H,32,34)/b28-18+. The van der Waals surface area contributed by atoms with Crippen LogP contribution in [0.15, 0.2) is 78.7 Å². The molecular weight excluding hydrogens is 450 g/mol. The fourth-order valence-corrected chi connectivity index (χ4v) is 5.03. The summed E-state index contributed by atoms with van der Waals surface area (Å²) in [5.41, 5.74) is 4.50. The van der Waals surface area contributed by atoms with E-state index in [4.69, 9.17) is 4.74 Å². The van der Waals surface area contributed by atoms with Gasteiger partial charge < -0.3 is 15.0 Å². The highest BCUT2D eigenvalue weighted by atomic mass is 16.5. The quantitative estimate of drug-likeness (QED) is 0.501. The molecule has 6 heteroatoms. The lowest BCUT2D eigenvalue weighted by atomic mass is 9.89. The van der Waals surface area contributed by atoms with Crippen LogP contribution < -0.4 is 5.32 Å². The van der Waals surface area contributed by atoms with Gasteiger partial charge in [-0.2, -0.15) is 0 Å². The predicted molar refractivity (Wildman–Crippen MR) is 139 cm³/mol. The minimum absolute atomic E-state index is 0.0177. The highest BCUT2D eigenvalue weighted by Crippen LogP contribution is 2.34. The van der Waals surface area contributed by atoms with Crippen molar-refractivity contribution in [1.29, 1.82) is 0 Å². The van der Waals surface area contributed by atoms with Crippen LogP contribution in [0.3, 0.4) is 0 Å². The molecule has 184 valence electrons. The van der Waals surface area contributed by atoms with Gasteiger partial charge in [-0.05, 0) is 67.7 Å². The van der Waals surface area contributed by atoms with Crippen LogP contribution in [0.2, 0.25) is 0 Å². The Labute approximate surface area is 212 Å². The van der Waals surface area contributed by atoms with Crippen LogP contribution in [-0.2, 0) is 22.6 Å². The Balaban J connectivity index is 1.31. The van der Waals surface area contributed by atoms with Gasteiger partial charge in [-0.3, -0.25) is 14.6 Å². The normalized spacial score (nSPS) is 20.5. The van der Waals surface area contributed by atoms with E-state index in [2.05, 4.69) is 35.4 Å². The molecule has 3 aromatic rings. The first-order valence-corrected chi connectivity index (χ1v) is 12.6. The van der Waals surface area contributed by atoms with Crippen LogP contribution in [0, 0.1) is 6.92 Å². The van der Waals surface area contributed by atoms with E-state index in [0.717, 1.165) is 42.5 Å². The summed E-state index contributed by atoms with van der Waals surface area (Å²) >= 11 is 0. The molecule has 0 spiro atoms. The number of benzene rings is 2. The van der Waals surface area contributed by atoms with Crippen LogP contribution >= 0.6 is 0 Å². The fourth-order valence-electron chi connectivity index (χ4n) is 5.03. The van der Waals surface area contributed by atoms with Gasteiger partial charge in [0.05, 0.1) is 18.3 Å². The van der Waals surface area contributed by atoms with Gasteiger partial charge in [0, 0.05) is 18.3 Å². The summed E-state index contributed by atoms with van der Waals surface area (Å²) in [5.74, 6) is 0.134. The molecule has 1 aliphatic carbocycles. The molecule has 2 unspecified atom stereocenters. The Kier molecular flexibility index (Phi) is 7.12. The molecule has 2 aromatic carbocycles. The number of rotatable bonds is 6. The van der Waals surface area contributed by atoms with E-state index in [1.165, 1.54) is 5.56 Å². The average molecular weight is 482 g/mol. The van der Waals surface area contributed by atoms with E-state index in [-0.39, 0.29) is 24.0 Å². The smallest absolute Gasteiger partial charge is 0.289 e. The van der Waals surface area contributed by atoms with E-state index >= 15 is 0 Å². The highest BCUT2D eigenvalue weighted by Gasteiger charge is 2.41. The van der Waals surface area contributed by atoms with Crippen molar-refractivity contribution in [2.24, 2.45) is 0 Å². The molecule has 0 radical (unpaired) electrons. The van der Waals surface area contributed by atoms with Crippen molar-refractivity contribution in [3.8, 4) is 0 Å². The molecular formula is C30H31N3O3. The van der Waals surface area contributed by atoms with Gasteiger partial charge >= 0.3 is 0 Å². The third-order valence-electron chi connectivity index (χ3n) is 6.88. The summed E-state index contributed by atoms with van der Waals surface area (Å²) in [6.07, 6.45) is 7.67. The van der Waals surface area contributed by atoms with E-state index in [1.807, 2.05) is 41.3 Å². The molecule has 2 atom stereocenters. The van der Waals surface area contributed by atoms with Gasteiger partial charge in [0.15, 0.2) is 5.76 Å². The Morgan fingerprint density at radius 2 is 1.92 bits per heavy atom. The highest BCUT2D eigenvalue weighted by molar-refractivity contribution is 5.97. The van der Waals surface area contributed by atoms with Crippen molar-refractivity contribution in [2.75, 3.05) is 0 Å². The maximum absolute atomic E-state index is 13.5. The number of morpholine rings is 1. The molecule has 2 aliphatic rings. The maximum Gasteiger partial charge on any atom is 0.289 e. The number of carbonyl (C=O) groups is 2. The number of pyridine rings is 1. The molecule has 2 amide bonds. The van der Waals surface area contributed by atoms with Crippen LogP contribution in [0.25, 0.3) is 6.08 Å². The molecule has 6 nitrogen and oxygen atoms in total. The monoisotopic (exact) mass is 481 g/mol. The Bertz CT molecular complexity index is 1250. The van der Waals surface area contributed by atoms with Crippen molar-refractivity contribution < 1.29 is 14.3 Å². The molecule has 0 bridgehead atoms. The molecule has 2 fully saturated rings. The average Bonchev–Trinajstić information content (AvgIpc) is 2.91. The number of fused-ring (bicyclic) bond motifs is 1. The number of nitrogens with one attached hydrogen (secondary N) is 1. The second-order valence-corrected chi connectivity index (χ2v) is 9.56. The SMILES string of the molecule is Cc1cccc(CN2C(=O)/C(=C\c3ccc(C(=O)NCc4ccccn4)cc3)OC3CCCCC32)c1. The van der Waals surface area contributed by atoms with Crippen molar-refractivity contribution in [3.63, 3.8) is 0 Å². The Morgan fingerprint density at radius 1 is 1.08 bits per heavy atom. The van der Waals surface area contributed by atoms with Gasteiger partial charge in [-0.25, -0.2) is 0 Å². The van der Waals surface area contributed by atoms with Gasteiger partial charge in [0.2, 0.25) is 0 Å². The van der Waals surface area contributed by atoms with Gasteiger partial charge in [0.1, 0.15) is 6.10 Å². The molecule has 5 rings (SSSR count). The fraction of sp³-hybridized carbons (Fsp3) is 0.300. The summed E-state index contributed by atoms with van der Waals surface area (Å²) < 4.78 is 6.25. The predicted octanol–water partition coefficient (Wildman–Crippen LogP) is 5.03. The number of amides is 2. The lowest BCUT2D eigenvalue weighted by molar-refractivity contribution is -0.149. The lowest BCUT2D eigenvalue weighted by Crippen LogP contribution is -2.54. The van der Waals surface area contributed by atoms with Crippen LogP contribution in [0.4, 0.5) is 0 Å². The molecule has 1 saturated heterocycles.